The van der Waals surface area contributed by atoms with Gasteiger partial charge in [-0.1, -0.05) is 0 Å². The number of hydrogen-bond acceptors (Lipinski definition) is 3. The van der Waals surface area contributed by atoms with Crippen molar-refractivity contribution in [3.8, 4) is 0 Å². The Kier molecular flexibility index (Phi) is 3.57. The number of anilines is 1. The summed E-state index contributed by atoms with van der Waals surface area (Å²) in [5.41, 5.74) is 6.70. The van der Waals surface area contributed by atoms with Crippen LogP contribution in [0.1, 0.15) is 32.5 Å². The van der Waals surface area contributed by atoms with E-state index in [1.54, 1.807) is 11.8 Å². The van der Waals surface area contributed by atoms with Crippen LogP contribution in [0, 0.1) is 0 Å². The van der Waals surface area contributed by atoms with Crippen LogP contribution in [0.15, 0.2) is 4.79 Å². The van der Waals surface area contributed by atoms with E-state index >= 15 is 0 Å². The highest BCUT2D eigenvalue weighted by Gasteiger charge is 2.17. The molecule has 0 bridgehead atoms. The van der Waals surface area contributed by atoms with Gasteiger partial charge in [0.15, 0.2) is 0 Å². The number of nitrogens with zero attached hydrogens (tertiary/aromatic N) is 2. The number of nitrogen functional groups attached to an aromatic ring is 1. The van der Waals surface area contributed by atoms with Crippen LogP contribution < -0.4 is 11.3 Å². The molecular weight excluding hydrogens is 194 g/mol. The Morgan fingerprint density at radius 2 is 2.07 bits per heavy atom. The van der Waals surface area contributed by atoms with Crippen LogP contribution in [0.3, 0.4) is 0 Å². The minimum atomic E-state index is -0.126. The van der Waals surface area contributed by atoms with Gasteiger partial charge in [0, 0.05) is 19.7 Å². The molecule has 0 atom stereocenters. The largest absolute Gasteiger partial charge is 0.393 e. The normalized spacial score (nSPS) is 11.3. The van der Waals surface area contributed by atoms with Crippen LogP contribution in [-0.2, 0) is 17.9 Å². The number of rotatable bonds is 4. The van der Waals surface area contributed by atoms with Crippen molar-refractivity contribution in [2.75, 3.05) is 12.8 Å². The van der Waals surface area contributed by atoms with E-state index in [1.807, 2.05) is 25.5 Å². The first kappa shape index (κ1) is 11.8. The molecule has 0 aliphatic heterocycles. The van der Waals surface area contributed by atoms with Crippen molar-refractivity contribution in [2.45, 2.75) is 40.0 Å². The van der Waals surface area contributed by atoms with Crippen molar-refractivity contribution >= 4 is 5.69 Å². The Morgan fingerprint density at radius 3 is 2.47 bits per heavy atom. The fraction of sp³-hybridized carbons (Fsp3) is 0.700. The molecule has 1 rings (SSSR count). The molecule has 1 aromatic rings. The first-order valence-corrected chi connectivity index (χ1v) is 5.13. The SMILES string of the molecule is CCn1c(COC)c(N)c(=O)n1C(C)C. The van der Waals surface area contributed by atoms with E-state index < -0.39 is 0 Å². The number of methoxy groups -OCH3 is 1. The zero-order valence-corrected chi connectivity index (χ0v) is 9.78. The molecule has 0 aliphatic rings. The maximum Gasteiger partial charge on any atom is 0.290 e. The highest BCUT2D eigenvalue weighted by Crippen LogP contribution is 2.13. The zero-order valence-electron chi connectivity index (χ0n) is 9.78. The molecule has 0 spiro atoms. The van der Waals surface area contributed by atoms with Gasteiger partial charge < -0.3 is 10.5 Å². The Bertz CT molecular complexity index is 390. The van der Waals surface area contributed by atoms with Crippen molar-refractivity contribution < 1.29 is 4.74 Å². The van der Waals surface area contributed by atoms with E-state index in [-0.39, 0.29) is 11.6 Å². The van der Waals surface area contributed by atoms with Gasteiger partial charge in [0.25, 0.3) is 5.56 Å². The van der Waals surface area contributed by atoms with E-state index in [9.17, 15) is 4.79 Å². The lowest BCUT2D eigenvalue weighted by Crippen LogP contribution is -2.25. The molecule has 0 aromatic carbocycles. The molecule has 1 aromatic heterocycles. The fourth-order valence-electron chi connectivity index (χ4n) is 1.77. The zero-order chi connectivity index (χ0) is 11.6. The summed E-state index contributed by atoms with van der Waals surface area (Å²) in [6.45, 7) is 6.99. The van der Waals surface area contributed by atoms with Gasteiger partial charge in [-0.15, -0.1) is 0 Å². The third-order valence-corrected chi connectivity index (χ3v) is 2.39. The molecule has 15 heavy (non-hydrogen) atoms. The second-order valence-corrected chi connectivity index (χ2v) is 3.75. The van der Waals surface area contributed by atoms with Crippen molar-refractivity contribution in [3.05, 3.63) is 16.0 Å². The Hall–Kier alpha value is -1.23. The first-order valence-electron chi connectivity index (χ1n) is 5.13. The van der Waals surface area contributed by atoms with Gasteiger partial charge in [-0.3, -0.25) is 9.48 Å². The van der Waals surface area contributed by atoms with Gasteiger partial charge in [0.05, 0.1) is 12.3 Å². The second kappa shape index (κ2) is 4.53. The maximum absolute atomic E-state index is 11.8. The summed E-state index contributed by atoms with van der Waals surface area (Å²) >= 11 is 0. The van der Waals surface area contributed by atoms with E-state index in [0.717, 1.165) is 5.69 Å². The molecular formula is C10H19N3O2. The minimum absolute atomic E-state index is 0.102. The molecule has 0 fully saturated rings. The average molecular weight is 213 g/mol. The molecule has 5 nitrogen and oxygen atoms in total. The summed E-state index contributed by atoms with van der Waals surface area (Å²) in [6, 6.07) is 0.102. The van der Waals surface area contributed by atoms with Gasteiger partial charge in [-0.05, 0) is 20.8 Å². The number of ether oxygens (including phenoxy) is 1. The van der Waals surface area contributed by atoms with Crippen LogP contribution in [0.4, 0.5) is 5.69 Å². The lowest BCUT2D eigenvalue weighted by molar-refractivity contribution is 0.174. The first-order chi connectivity index (χ1) is 7.04. The molecule has 0 unspecified atom stereocenters. The molecule has 1 heterocycles. The van der Waals surface area contributed by atoms with E-state index in [4.69, 9.17) is 10.5 Å². The van der Waals surface area contributed by atoms with E-state index in [2.05, 4.69) is 0 Å². The highest BCUT2D eigenvalue weighted by atomic mass is 16.5. The number of aromatic nitrogens is 2. The van der Waals surface area contributed by atoms with Crippen LogP contribution in [0.5, 0.6) is 0 Å². The molecule has 0 aliphatic carbocycles. The Labute approximate surface area is 89.4 Å². The van der Waals surface area contributed by atoms with Gasteiger partial charge in [0.1, 0.15) is 5.69 Å². The monoisotopic (exact) mass is 213 g/mol. The number of nitrogens with two attached hydrogens (primary N) is 1. The summed E-state index contributed by atoms with van der Waals surface area (Å²) in [7, 11) is 1.59. The van der Waals surface area contributed by atoms with E-state index in [1.165, 1.54) is 0 Å². The second-order valence-electron chi connectivity index (χ2n) is 3.75. The molecule has 0 amide bonds. The predicted molar refractivity (Wildman–Crippen MR) is 59.9 cm³/mol. The average Bonchev–Trinajstić information content (AvgIpc) is 2.42. The third-order valence-electron chi connectivity index (χ3n) is 2.39. The Balaban J connectivity index is 3.40. The quantitative estimate of drug-likeness (QED) is 0.811. The topological polar surface area (TPSA) is 62.2 Å². The molecule has 2 N–H and O–H groups in total. The summed E-state index contributed by atoms with van der Waals surface area (Å²) in [5, 5.41) is 0. The van der Waals surface area contributed by atoms with Gasteiger partial charge in [-0.2, -0.15) is 0 Å². The summed E-state index contributed by atoms with van der Waals surface area (Å²) in [4.78, 5) is 11.8. The van der Waals surface area contributed by atoms with Crippen LogP contribution in [0.2, 0.25) is 0 Å². The van der Waals surface area contributed by atoms with Crippen molar-refractivity contribution in [3.63, 3.8) is 0 Å². The summed E-state index contributed by atoms with van der Waals surface area (Å²) < 4.78 is 8.60. The number of hydrogen-bond donors (Lipinski definition) is 1. The van der Waals surface area contributed by atoms with Gasteiger partial charge in [0.2, 0.25) is 0 Å². The predicted octanol–water partition coefficient (Wildman–Crippen LogP) is 0.979. The highest BCUT2D eigenvalue weighted by molar-refractivity contribution is 5.41. The van der Waals surface area contributed by atoms with Crippen molar-refractivity contribution in [2.24, 2.45) is 0 Å². The summed E-state index contributed by atoms with van der Waals surface area (Å²) in [6.07, 6.45) is 0. The summed E-state index contributed by atoms with van der Waals surface area (Å²) in [5.74, 6) is 0. The minimum Gasteiger partial charge on any atom is -0.393 e. The van der Waals surface area contributed by atoms with Gasteiger partial charge >= 0.3 is 0 Å². The third kappa shape index (κ3) is 1.92. The molecule has 0 saturated heterocycles. The smallest absolute Gasteiger partial charge is 0.290 e. The van der Waals surface area contributed by atoms with Crippen molar-refractivity contribution in [1.29, 1.82) is 0 Å². The van der Waals surface area contributed by atoms with Gasteiger partial charge in [-0.25, -0.2) is 4.68 Å². The lowest BCUT2D eigenvalue weighted by atomic mass is 10.4. The molecule has 0 radical (unpaired) electrons. The standard InChI is InChI=1S/C10H19N3O2/c1-5-12-8(6-15-4)9(11)10(14)13(12)7(2)3/h7H,5-6,11H2,1-4H3. The maximum atomic E-state index is 11.8. The van der Waals surface area contributed by atoms with Crippen molar-refractivity contribution in [1.82, 2.24) is 9.36 Å². The Morgan fingerprint density at radius 1 is 1.47 bits per heavy atom. The molecule has 0 saturated carbocycles. The van der Waals surface area contributed by atoms with Crippen LogP contribution >= 0.6 is 0 Å². The molecule has 5 heteroatoms. The molecule has 86 valence electrons. The van der Waals surface area contributed by atoms with Crippen LogP contribution in [0.25, 0.3) is 0 Å². The van der Waals surface area contributed by atoms with E-state index in [0.29, 0.717) is 18.8 Å². The fourth-order valence-corrected chi connectivity index (χ4v) is 1.77. The lowest BCUT2D eigenvalue weighted by Gasteiger charge is -2.15. The van der Waals surface area contributed by atoms with Crippen LogP contribution in [-0.4, -0.2) is 16.5 Å².